The molecule has 4 aromatic rings. The molecule has 0 amide bonds. The molecule has 1 heteroatoms. The van der Waals surface area contributed by atoms with Crippen molar-refractivity contribution in [2.24, 2.45) is 0 Å². The second kappa shape index (κ2) is 7.41. The maximum Gasteiger partial charge on any atom is 0.178 e. The van der Waals surface area contributed by atoms with Gasteiger partial charge in [0.25, 0.3) is 0 Å². The lowest BCUT2D eigenvalue weighted by molar-refractivity contribution is 0.150. The summed E-state index contributed by atoms with van der Waals surface area (Å²) < 4.78 is 0. The molecule has 1 aliphatic carbocycles. The average molecular weight is 382 g/mol. The normalized spacial score (nSPS) is 12.6. The van der Waals surface area contributed by atoms with E-state index in [4.69, 9.17) is 0 Å². The van der Waals surface area contributed by atoms with Crippen LogP contribution in [0, 0.1) is 23.7 Å². The van der Waals surface area contributed by atoms with Gasteiger partial charge in [-0.3, -0.25) is 0 Å². The number of benzene rings is 4. The molecule has 1 nitrogen and oxygen atoms in total. The quantitative estimate of drug-likeness (QED) is 0.406. The molecule has 0 aliphatic heterocycles. The van der Waals surface area contributed by atoms with E-state index in [-0.39, 0.29) is 0 Å². The first-order chi connectivity index (χ1) is 14.8. The molecule has 0 atom stereocenters. The number of hydrogen-bond acceptors (Lipinski definition) is 1. The van der Waals surface area contributed by atoms with Crippen molar-refractivity contribution in [3.8, 4) is 34.8 Å². The molecule has 0 radical (unpaired) electrons. The Balaban J connectivity index is 1.60. The second-order valence-electron chi connectivity index (χ2n) is 7.21. The van der Waals surface area contributed by atoms with Gasteiger partial charge in [0.15, 0.2) is 5.60 Å². The molecule has 0 saturated heterocycles. The van der Waals surface area contributed by atoms with E-state index < -0.39 is 5.60 Å². The highest BCUT2D eigenvalue weighted by atomic mass is 16.3. The molecule has 140 valence electrons. The van der Waals surface area contributed by atoms with E-state index >= 15 is 0 Å². The van der Waals surface area contributed by atoms with Crippen LogP contribution in [0.4, 0.5) is 0 Å². The Bertz CT molecular complexity index is 1310. The fourth-order valence-electron chi connectivity index (χ4n) is 3.87. The van der Waals surface area contributed by atoms with Gasteiger partial charge in [0.2, 0.25) is 0 Å². The molecule has 30 heavy (non-hydrogen) atoms. The number of rotatable bonds is 0. The summed E-state index contributed by atoms with van der Waals surface area (Å²) in [6, 6.07) is 33.5. The molecule has 4 aromatic carbocycles. The van der Waals surface area contributed by atoms with Gasteiger partial charge in [0.1, 0.15) is 0 Å². The Morgan fingerprint density at radius 3 is 1.63 bits per heavy atom. The first kappa shape index (κ1) is 18.0. The fourth-order valence-corrected chi connectivity index (χ4v) is 3.87. The minimum absolute atomic E-state index is 0.802. The number of fused-ring (bicyclic) bond motifs is 3. The van der Waals surface area contributed by atoms with Crippen molar-refractivity contribution in [1.82, 2.24) is 0 Å². The van der Waals surface area contributed by atoms with Gasteiger partial charge in [-0.05, 0) is 35.4 Å². The lowest BCUT2D eigenvalue weighted by Crippen LogP contribution is -2.22. The van der Waals surface area contributed by atoms with Crippen LogP contribution in [0.2, 0.25) is 0 Å². The average Bonchev–Trinajstić information content (AvgIpc) is 3.07. The molecular formula is C29H18O. The van der Waals surface area contributed by atoms with Crippen molar-refractivity contribution in [2.45, 2.75) is 5.60 Å². The van der Waals surface area contributed by atoms with Gasteiger partial charge < -0.3 is 5.11 Å². The van der Waals surface area contributed by atoms with Crippen molar-refractivity contribution in [3.63, 3.8) is 0 Å². The minimum atomic E-state index is -1.34. The summed E-state index contributed by atoms with van der Waals surface area (Å²) in [5.41, 5.74) is 4.97. The largest absolute Gasteiger partial charge is 0.369 e. The zero-order valence-corrected chi connectivity index (χ0v) is 16.3. The van der Waals surface area contributed by atoms with Crippen LogP contribution in [-0.2, 0) is 5.60 Å². The molecule has 0 heterocycles. The number of aliphatic hydroxyl groups is 1. The zero-order valence-electron chi connectivity index (χ0n) is 16.3. The third kappa shape index (κ3) is 3.09. The standard InChI is InChI=1S/C29H18O/c30-29(27-16-8-6-14-25(27)26-15-7-9-17-28(26)29)21-20-24-13-5-4-12-23(24)19-18-22-10-2-1-3-11-22/h1-17,30H. The maximum absolute atomic E-state index is 11.6. The van der Waals surface area contributed by atoms with Crippen LogP contribution in [0.1, 0.15) is 27.8 Å². The summed E-state index contributed by atoms with van der Waals surface area (Å²) in [5.74, 6) is 12.8. The summed E-state index contributed by atoms with van der Waals surface area (Å²) in [4.78, 5) is 0. The van der Waals surface area contributed by atoms with Crippen molar-refractivity contribution in [1.29, 1.82) is 0 Å². The Morgan fingerprint density at radius 2 is 1.00 bits per heavy atom. The highest BCUT2D eigenvalue weighted by Gasteiger charge is 2.39. The molecule has 0 aromatic heterocycles. The lowest BCUT2D eigenvalue weighted by atomic mass is 9.91. The molecule has 0 bridgehead atoms. The molecule has 1 aliphatic rings. The second-order valence-corrected chi connectivity index (χ2v) is 7.21. The van der Waals surface area contributed by atoms with E-state index in [2.05, 4.69) is 23.7 Å². The van der Waals surface area contributed by atoms with E-state index in [9.17, 15) is 5.11 Å². The Kier molecular flexibility index (Phi) is 4.45. The van der Waals surface area contributed by atoms with Gasteiger partial charge in [0.05, 0.1) is 0 Å². The van der Waals surface area contributed by atoms with Crippen LogP contribution in [0.3, 0.4) is 0 Å². The highest BCUT2D eigenvalue weighted by Crippen LogP contribution is 2.46. The van der Waals surface area contributed by atoms with E-state index in [1.165, 1.54) is 0 Å². The first-order valence-corrected chi connectivity index (χ1v) is 9.87. The first-order valence-electron chi connectivity index (χ1n) is 9.87. The smallest absolute Gasteiger partial charge is 0.178 e. The topological polar surface area (TPSA) is 20.2 Å². The van der Waals surface area contributed by atoms with Gasteiger partial charge in [-0.15, -0.1) is 0 Å². The molecule has 0 saturated carbocycles. The van der Waals surface area contributed by atoms with Crippen molar-refractivity contribution < 1.29 is 5.11 Å². The van der Waals surface area contributed by atoms with Gasteiger partial charge in [-0.2, -0.15) is 0 Å². The molecular weight excluding hydrogens is 364 g/mol. The van der Waals surface area contributed by atoms with Crippen molar-refractivity contribution >= 4 is 0 Å². The van der Waals surface area contributed by atoms with Gasteiger partial charge in [0, 0.05) is 27.8 Å². The van der Waals surface area contributed by atoms with E-state index in [0.717, 1.165) is 38.9 Å². The van der Waals surface area contributed by atoms with Crippen LogP contribution >= 0.6 is 0 Å². The van der Waals surface area contributed by atoms with Crippen LogP contribution in [-0.4, -0.2) is 5.11 Å². The maximum atomic E-state index is 11.6. The molecule has 0 unspecified atom stereocenters. The Hall–Kier alpha value is -4.04. The third-order valence-corrected chi connectivity index (χ3v) is 5.34. The highest BCUT2D eigenvalue weighted by molar-refractivity contribution is 5.82. The zero-order chi connectivity index (χ0) is 20.4. The Morgan fingerprint density at radius 1 is 0.500 bits per heavy atom. The monoisotopic (exact) mass is 382 g/mol. The third-order valence-electron chi connectivity index (χ3n) is 5.34. The summed E-state index contributed by atoms with van der Waals surface area (Å²) in [7, 11) is 0. The number of hydrogen-bond donors (Lipinski definition) is 1. The summed E-state index contributed by atoms with van der Waals surface area (Å²) in [5, 5.41) is 11.6. The van der Waals surface area contributed by atoms with Crippen LogP contribution < -0.4 is 0 Å². The minimum Gasteiger partial charge on any atom is -0.369 e. The molecule has 0 fully saturated rings. The van der Waals surface area contributed by atoms with E-state index in [1.807, 2.05) is 103 Å². The van der Waals surface area contributed by atoms with Crippen molar-refractivity contribution in [3.05, 3.63) is 131 Å². The van der Waals surface area contributed by atoms with Gasteiger partial charge in [-0.1, -0.05) is 103 Å². The van der Waals surface area contributed by atoms with Crippen LogP contribution in [0.15, 0.2) is 103 Å². The summed E-state index contributed by atoms with van der Waals surface area (Å²) >= 11 is 0. The summed E-state index contributed by atoms with van der Waals surface area (Å²) in [6.45, 7) is 0. The molecule has 5 rings (SSSR count). The fraction of sp³-hybridized carbons (Fsp3) is 0.0345. The van der Waals surface area contributed by atoms with Gasteiger partial charge in [-0.25, -0.2) is 0 Å². The Labute approximate surface area is 176 Å². The van der Waals surface area contributed by atoms with E-state index in [0.29, 0.717) is 0 Å². The van der Waals surface area contributed by atoms with Crippen molar-refractivity contribution in [2.75, 3.05) is 0 Å². The van der Waals surface area contributed by atoms with Gasteiger partial charge >= 0.3 is 0 Å². The SMILES string of the molecule is OC1(C#Cc2ccccc2C#Cc2ccccc2)c2ccccc2-c2ccccc21. The van der Waals surface area contributed by atoms with E-state index in [1.54, 1.807) is 0 Å². The van der Waals surface area contributed by atoms with Crippen LogP contribution in [0.5, 0.6) is 0 Å². The predicted octanol–water partition coefficient (Wildman–Crippen LogP) is 5.35. The predicted molar refractivity (Wildman–Crippen MR) is 121 cm³/mol. The van der Waals surface area contributed by atoms with Crippen LogP contribution in [0.25, 0.3) is 11.1 Å². The molecule has 1 N–H and O–H groups in total. The summed E-state index contributed by atoms with van der Waals surface area (Å²) in [6.07, 6.45) is 0. The molecule has 0 spiro atoms. The lowest BCUT2D eigenvalue weighted by Gasteiger charge is -2.18.